The summed E-state index contributed by atoms with van der Waals surface area (Å²) in [5.74, 6) is 0. The Kier molecular flexibility index (Phi) is 5.39. The van der Waals surface area contributed by atoms with Gasteiger partial charge in [0.2, 0.25) is 10.0 Å². The molecule has 0 radical (unpaired) electrons. The third-order valence-electron chi connectivity index (χ3n) is 2.26. The average Bonchev–Trinajstić information content (AvgIpc) is 2.28. The van der Waals surface area contributed by atoms with Crippen molar-refractivity contribution in [2.45, 2.75) is 24.8 Å². The Hall–Kier alpha value is -0.620. The number of likely N-dealkylation sites (N-methyl/N-ethyl adjacent to an activating group) is 1. The number of hydrogen-bond donors (Lipinski definition) is 2. The van der Waals surface area contributed by atoms with Crippen LogP contribution in [0.3, 0.4) is 0 Å². The van der Waals surface area contributed by atoms with Gasteiger partial charge in [0.1, 0.15) is 0 Å². The summed E-state index contributed by atoms with van der Waals surface area (Å²) in [6.07, 6.45) is 0. The van der Waals surface area contributed by atoms with E-state index < -0.39 is 10.0 Å². The summed E-state index contributed by atoms with van der Waals surface area (Å²) in [5, 5.41) is 3.65. The van der Waals surface area contributed by atoms with Crippen molar-refractivity contribution in [3.05, 3.63) is 29.3 Å². The molecule has 0 saturated heterocycles. The summed E-state index contributed by atoms with van der Waals surface area (Å²) in [5.41, 5.74) is 0. The SMILES string of the molecule is CCN[C@H](C)CNS(=O)(=O)c1ccc(Cl)cc1. The third-order valence-corrected chi connectivity index (χ3v) is 3.95. The Labute approximate surface area is 107 Å². The smallest absolute Gasteiger partial charge is 0.240 e. The van der Waals surface area contributed by atoms with Gasteiger partial charge >= 0.3 is 0 Å². The zero-order chi connectivity index (χ0) is 12.9. The van der Waals surface area contributed by atoms with Crippen LogP contribution in [0.15, 0.2) is 29.2 Å². The molecular formula is C11H17ClN2O2S. The second-order valence-electron chi connectivity index (χ2n) is 3.76. The third kappa shape index (κ3) is 4.63. The first-order chi connectivity index (χ1) is 7.95. The van der Waals surface area contributed by atoms with Crippen LogP contribution in [0.5, 0.6) is 0 Å². The van der Waals surface area contributed by atoms with Gasteiger partial charge in [-0.2, -0.15) is 0 Å². The first kappa shape index (κ1) is 14.4. The van der Waals surface area contributed by atoms with Crippen molar-refractivity contribution in [1.82, 2.24) is 10.0 Å². The molecule has 0 amide bonds. The van der Waals surface area contributed by atoms with Crippen LogP contribution in [0.4, 0.5) is 0 Å². The number of benzene rings is 1. The molecule has 0 bridgehead atoms. The first-order valence-corrected chi connectivity index (χ1v) is 7.30. The first-order valence-electron chi connectivity index (χ1n) is 5.44. The van der Waals surface area contributed by atoms with E-state index in [9.17, 15) is 8.42 Å². The Bertz CT molecular complexity index is 445. The molecule has 1 aromatic rings. The van der Waals surface area contributed by atoms with E-state index in [1.54, 1.807) is 12.1 Å². The highest BCUT2D eigenvalue weighted by Crippen LogP contribution is 2.13. The summed E-state index contributed by atoms with van der Waals surface area (Å²) in [7, 11) is -3.44. The molecule has 0 spiro atoms. The predicted octanol–water partition coefficient (Wildman–Crippen LogP) is 1.62. The van der Waals surface area contributed by atoms with Crippen LogP contribution in [-0.2, 0) is 10.0 Å². The van der Waals surface area contributed by atoms with Gasteiger partial charge in [-0.05, 0) is 37.7 Å². The van der Waals surface area contributed by atoms with Crippen molar-refractivity contribution < 1.29 is 8.42 Å². The van der Waals surface area contributed by atoms with Crippen LogP contribution in [0.2, 0.25) is 5.02 Å². The molecule has 0 unspecified atom stereocenters. The Morgan fingerprint density at radius 3 is 2.41 bits per heavy atom. The Balaban J connectivity index is 2.66. The molecule has 1 atom stereocenters. The second-order valence-corrected chi connectivity index (χ2v) is 5.97. The molecule has 6 heteroatoms. The maximum absolute atomic E-state index is 11.9. The topological polar surface area (TPSA) is 58.2 Å². The monoisotopic (exact) mass is 276 g/mol. The van der Waals surface area contributed by atoms with Crippen LogP contribution >= 0.6 is 11.6 Å². The highest BCUT2D eigenvalue weighted by molar-refractivity contribution is 7.89. The van der Waals surface area contributed by atoms with Crippen molar-refractivity contribution in [3.8, 4) is 0 Å². The summed E-state index contributed by atoms with van der Waals surface area (Å²) in [6.45, 7) is 5.07. The van der Waals surface area contributed by atoms with Crippen molar-refractivity contribution in [3.63, 3.8) is 0 Å². The van der Waals surface area contributed by atoms with Gasteiger partial charge in [0.15, 0.2) is 0 Å². The van der Waals surface area contributed by atoms with Crippen LogP contribution in [0.25, 0.3) is 0 Å². The molecule has 96 valence electrons. The number of rotatable bonds is 6. The van der Waals surface area contributed by atoms with Gasteiger partial charge in [0.05, 0.1) is 4.90 Å². The lowest BCUT2D eigenvalue weighted by Crippen LogP contribution is -2.38. The van der Waals surface area contributed by atoms with E-state index in [-0.39, 0.29) is 10.9 Å². The van der Waals surface area contributed by atoms with E-state index in [2.05, 4.69) is 10.0 Å². The zero-order valence-electron chi connectivity index (χ0n) is 9.90. The minimum absolute atomic E-state index is 0.0991. The average molecular weight is 277 g/mol. The molecule has 4 nitrogen and oxygen atoms in total. The van der Waals surface area contributed by atoms with Gasteiger partial charge in [-0.15, -0.1) is 0 Å². The van der Waals surface area contributed by atoms with Gasteiger partial charge in [-0.1, -0.05) is 18.5 Å². The summed E-state index contributed by atoms with van der Waals surface area (Å²) < 4.78 is 26.3. The van der Waals surface area contributed by atoms with Crippen LogP contribution in [0, 0.1) is 0 Å². The zero-order valence-corrected chi connectivity index (χ0v) is 11.5. The lowest BCUT2D eigenvalue weighted by Gasteiger charge is -2.13. The lowest BCUT2D eigenvalue weighted by atomic mass is 10.3. The summed E-state index contributed by atoms with van der Waals surface area (Å²) in [6, 6.07) is 6.20. The predicted molar refractivity (Wildman–Crippen MR) is 69.8 cm³/mol. The quantitative estimate of drug-likeness (QED) is 0.830. The van der Waals surface area contributed by atoms with Gasteiger partial charge < -0.3 is 5.32 Å². The number of hydrogen-bond acceptors (Lipinski definition) is 3. The van der Waals surface area contributed by atoms with Crippen molar-refractivity contribution in [2.24, 2.45) is 0 Å². The molecule has 1 rings (SSSR count). The van der Waals surface area contributed by atoms with Gasteiger partial charge in [0.25, 0.3) is 0 Å². The fourth-order valence-corrected chi connectivity index (χ4v) is 2.61. The highest BCUT2D eigenvalue weighted by Gasteiger charge is 2.14. The van der Waals surface area contributed by atoms with Crippen molar-refractivity contribution >= 4 is 21.6 Å². The number of nitrogens with one attached hydrogen (secondary N) is 2. The largest absolute Gasteiger partial charge is 0.313 e. The van der Waals surface area contributed by atoms with Gasteiger partial charge in [-0.25, -0.2) is 13.1 Å². The fraction of sp³-hybridized carbons (Fsp3) is 0.455. The number of halogens is 1. The van der Waals surface area contributed by atoms with E-state index in [4.69, 9.17) is 11.6 Å². The molecular weight excluding hydrogens is 260 g/mol. The maximum atomic E-state index is 11.9. The van der Waals surface area contributed by atoms with Crippen LogP contribution in [0.1, 0.15) is 13.8 Å². The van der Waals surface area contributed by atoms with Gasteiger partial charge in [0, 0.05) is 17.6 Å². The van der Waals surface area contributed by atoms with Crippen molar-refractivity contribution in [1.29, 1.82) is 0 Å². The van der Waals surface area contributed by atoms with E-state index >= 15 is 0 Å². The fourth-order valence-electron chi connectivity index (χ4n) is 1.35. The van der Waals surface area contributed by atoms with Gasteiger partial charge in [-0.3, -0.25) is 0 Å². The molecule has 0 heterocycles. The second kappa shape index (κ2) is 6.35. The van der Waals surface area contributed by atoms with E-state index in [0.717, 1.165) is 6.54 Å². The maximum Gasteiger partial charge on any atom is 0.240 e. The highest BCUT2D eigenvalue weighted by atomic mass is 35.5. The molecule has 0 saturated carbocycles. The summed E-state index contributed by atoms with van der Waals surface area (Å²) >= 11 is 5.71. The molecule has 17 heavy (non-hydrogen) atoms. The minimum atomic E-state index is -3.44. The molecule has 1 aromatic carbocycles. The molecule has 2 N–H and O–H groups in total. The molecule has 0 aliphatic carbocycles. The Morgan fingerprint density at radius 1 is 1.29 bits per heavy atom. The standard InChI is InChI=1S/C11H17ClN2O2S/c1-3-13-9(2)8-14-17(15,16)11-6-4-10(12)5-7-11/h4-7,9,13-14H,3,8H2,1-2H3/t9-/m1/s1. The van der Waals surface area contributed by atoms with E-state index in [1.165, 1.54) is 12.1 Å². The van der Waals surface area contributed by atoms with E-state index in [0.29, 0.717) is 11.6 Å². The molecule has 0 fully saturated rings. The van der Waals surface area contributed by atoms with E-state index in [1.807, 2.05) is 13.8 Å². The Morgan fingerprint density at radius 2 is 1.88 bits per heavy atom. The van der Waals surface area contributed by atoms with Crippen molar-refractivity contribution in [2.75, 3.05) is 13.1 Å². The van der Waals surface area contributed by atoms with Crippen LogP contribution in [-0.4, -0.2) is 27.5 Å². The molecule has 0 aromatic heterocycles. The molecule has 0 aliphatic heterocycles. The lowest BCUT2D eigenvalue weighted by molar-refractivity contribution is 0.536. The normalized spacial score (nSPS) is 13.6. The molecule has 0 aliphatic rings. The summed E-state index contributed by atoms with van der Waals surface area (Å²) in [4.78, 5) is 0.227. The minimum Gasteiger partial charge on any atom is -0.313 e. The van der Waals surface area contributed by atoms with Crippen LogP contribution < -0.4 is 10.0 Å². The number of sulfonamides is 1.